The van der Waals surface area contributed by atoms with Gasteiger partial charge in [0.2, 0.25) is 0 Å². The van der Waals surface area contributed by atoms with Crippen molar-refractivity contribution in [1.82, 2.24) is 14.0 Å². The van der Waals surface area contributed by atoms with Crippen LogP contribution in [-0.4, -0.2) is 47.1 Å². The Balaban J connectivity index is 1.77. The van der Waals surface area contributed by atoms with E-state index in [9.17, 15) is 14.4 Å². The van der Waals surface area contributed by atoms with Gasteiger partial charge in [-0.25, -0.2) is 9.59 Å². The van der Waals surface area contributed by atoms with Crippen LogP contribution in [0.3, 0.4) is 0 Å². The summed E-state index contributed by atoms with van der Waals surface area (Å²) in [4.78, 5) is 38.6. The lowest BCUT2D eigenvalue weighted by Crippen LogP contribution is -2.25. The van der Waals surface area contributed by atoms with Gasteiger partial charge in [0.15, 0.2) is 5.76 Å². The van der Waals surface area contributed by atoms with E-state index in [-0.39, 0.29) is 23.9 Å². The summed E-state index contributed by atoms with van der Waals surface area (Å²) >= 11 is 0. The highest BCUT2D eigenvalue weighted by Gasteiger charge is 2.25. The van der Waals surface area contributed by atoms with Crippen molar-refractivity contribution in [2.45, 2.75) is 25.9 Å². The third-order valence-corrected chi connectivity index (χ3v) is 5.17. The van der Waals surface area contributed by atoms with E-state index in [1.807, 2.05) is 0 Å². The lowest BCUT2D eigenvalue weighted by atomic mass is 10.2. The fourth-order valence-corrected chi connectivity index (χ4v) is 3.41. The normalized spacial score (nSPS) is 13.6. The Morgan fingerprint density at radius 1 is 1.14 bits per heavy atom. The monoisotopic (exact) mass is 397 g/mol. The number of furan rings is 1. The molecular formula is C21H23N3O5. The zero-order valence-electron chi connectivity index (χ0n) is 16.7. The second kappa shape index (κ2) is 7.27. The Morgan fingerprint density at radius 3 is 2.55 bits per heavy atom. The molecule has 8 heteroatoms. The minimum atomic E-state index is -0.460. The summed E-state index contributed by atoms with van der Waals surface area (Å²) in [5, 5.41) is 0. The minimum Gasteiger partial charge on any atom is -0.465 e. The van der Waals surface area contributed by atoms with Crippen molar-refractivity contribution in [2.24, 2.45) is 5.92 Å². The predicted molar refractivity (Wildman–Crippen MR) is 106 cm³/mol. The van der Waals surface area contributed by atoms with Gasteiger partial charge in [0.25, 0.3) is 5.91 Å². The quantitative estimate of drug-likeness (QED) is 0.596. The first-order valence-corrected chi connectivity index (χ1v) is 9.50. The molecule has 2 heterocycles. The first kappa shape index (κ1) is 19.0. The summed E-state index contributed by atoms with van der Waals surface area (Å²) in [5.41, 5.74) is 1.62. The van der Waals surface area contributed by atoms with E-state index in [0.29, 0.717) is 29.3 Å². The molecule has 0 aliphatic heterocycles. The van der Waals surface area contributed by atoms with E-state index >= 15 is 0 Å². The highest BCUT2D eigenvalue weighted by molar-refractivity contribution is 5.94. The number of carbonyl (C=O) groups is 2. The largest absolute Gasteiger partial charge is 0.465 e. The average Bonchev–Trinajstić information content (AvgIpc) is 3.36. The van der Waals surface area contributed by atoms with Gasteiger partial charge in [-0.3, -0.25) is 13.9 Å². The van der Waals surface area contributed by atoms with Crippen molar-refractivity contribution in [3.63, 3.8) is 0 Å². The minimum absolute atomic E-state index is 0.161. The maximum absolute atomic E-state index is 13.1. The van der Waals surface area contributed by atoms with Crippen molar-refractivity contribution >= 4 is 22.9 Å². The van der Waals surface area contributed by atoms with Crippen molar-refractivity contribution in [2.75, 3.05) is 21.2 Å². The molecule has 1 fully saturated rings. The van der Waals surface area contributed by atoms with Crippen LogP contribution in [0.4, 0.5) is 0 Å². The summed E-state index contributed by atoms with van der Waals surface area (Å²) < 4.78 is 13.8. The van der Waals surface area contributed by atoms with Crippen LogP contribution in [0.25, 0.3) is 11.0 Å². The number of nitrogens with zero attached hydrogens (tertiary/aromatic N) is 3. The summed E-state index contributed by atoms with van der Waals surface area (Å²) in [7, 11) is 4.62. The lowest BCUT2D eigenvalue weighted by molar-refractivity contribution is 0.0600. The number of amides is 1. The fraction of sp³-hybridized carbons (Fsp3) is 0.381. The summed E-state index contributed by atoms with van der Waals surface area (Å²) in [6.07, 6.45) is 2.24. The smallest absolute Gasteiger partial charge is 0.337 e. The van der Waals surface area contributed by atoms with Crippen LogP contribution in [-0.2, 0) is 17.8 Å². The van der Waals surface area contributed by atoms with Crippen LogP contribution in [0.2, 0.25) is 0 Å². The molecule has 1 aromatic carbocycles. The average molecular weight is 397 g/mol. The number of fused-ring (bicyclic) bond motifs is 1. The second-order valence-corrected chi connectivity index (χ2v) is 7.58. The molecule has 1 aliphatic rings. The molecule has 1 amide bonds. The molecule has 0 N–H and O–H groups in total. The number of hydrogen-bond donors (Lipinski definition) is 0. The molecule has 1 saturated carbocycles. The fourth-order valence-electron chi connectivity index (χ4n) is 3.41. The van der Waals surface area contributed by atoms with Crippen LogP contribution in [0.15, 0.2) is 39.5 Å². The molecule has 29 heavy (non-hydrogen) atoms. The molecule has 0 bridgehead atoms. The molecule has 0 spiro atoms. The number of methoxy groups -OCH3 is 1. The Kier molecular flexibility index (Phi) is 4.77. The summed E-state index contributed by atoms with van der Waals surface area (Å²) in [6, 6.07) is 8.41. The van der Waals surface area contributed by atoms with Gasteiger partial charge >= 0.3 is 11.7 Å². The van der Waals surface area contributed by atoms with Gasteiger partial charge in [0.05, 0.1) is 30.3 Å². The van der Waals surface area contributed by atoms with Gasteiger partial charge < -0.3 is 14.1 Å². The van der Waals surface area contributed by atoms with Crippen molar-refractivity contribution in [3.05, 3.63) is 57.9 Å². The van der Waals surface area contributed by atoms with E-state index in [1.165, 1.54) is 12.0 Å². The number of benzene rings is 1. The SMILES string of the molecule is COC(=O)c1ccc2c(c1)n(Cc1ccc(C(=O)N(C)C)o1)c(=O)n2CC1CC1. The van der Waals surface area contributed by atoms with Crippen LogP contribution in [0.1, 0.15) is 39.5 Å². The van der Waals surface area contributed by atoms with Crippen LogP contribution in [0.5, 0.6) is 0 Å². The van der Waals surface area contributed by atoms with E-state index < -0.39 is 5.97 Å². The Hall–Kier alpha value is -3.29. The maximum atomic E-state index is 13.1. The molecule has 152 valence electrons. The first-order chi connectivity index (χ1) is 13.9. The third-order valence-electron chi connectivity index (χ3n) is 5.17. The molecule has 0 unspecified atom stereocenters. The van der Waals surface area contributed by atoms with Gasteiger partial charge in [0, 0.05) is 20.6 Å². The van der Waals surface area contributed by atoms with E-state index in [1.54, 1.807) is 53.6 Å². The van der Waals surface area contributed by atoms with E-state index in [0.717, 1.165) is 18.4 Å². The predicted octanol–water partition coefficient (Wildman–Crippen LogP) is 2.34. The number of ether oxygens (including phenoxy) is 1. The maximum Gasteiger partial charge on any atom is 0.337 e. The highest BCUT2D eigenvalue weighted by atomic mass is 16.5. The number of esters is 1. The van der Waals surface area contributed by atoms with Crippen molar-refractivity contribution < 1.29 is 18.7 Å². The van der Waals surface area contributed by atoms with Crippen molar-refractivity contribution in [3.8, 4) is 0 Å². The number of aromatic nitrogens is 2. The highest BCUT2D eigenvalue weighted by Crippen LogP contribution is 2.31. The van der Waals surface area contributed by atoms with Crippen LogP contribution < -0.4 is 5.69 Å². The molecule has 1 aliphatic carbocycles. The summed E-state index contributed by atoms with van der Waals surface area (Å²) in [5.74, 6) is 0.520. The van der Waals surface area contributed by atoms with Gasteiger partial charge in [-0.05, 0) is 49.1 Å². The number of rotatable bonds is 6. The molecular weight excluding hydrogens is 374 g/mol. The molecule has 8 nitrogen and oxygen atoms in total. The van der Waals surface area contributed by atoms with Crippen molar-refractivity contribution in [1.29, 1.82) is 0 Å². The van der Waals surface area contributed by atoms with Gasteiger partial charge in [0.1, 0.15) is 5.76 Å². The molecule has 0 saturated heterocycles. The van der Waals surface area contributed by atoms with Gasteiger partial charge in [-0.2, -0.15) is 0 Å². The zero-order valence-corrected chi connectivity index (χ0v) is 16.7. The summed E-state index contributed by atoms with van der Waals surface area (Å²) in [6.45, 7) is 0.820. The standard InChI is InChI=1S/C21H23N3O5/c1-22(2)19(25)18-9-7-15(29-18)12-24-17-10-14(20(26)28-3)6-8-16(17)23(21(24)27)11-13-4-5-13/h6-10,13H,4-5,11-12H2,1-3H3. The van der Waals surface area contributed by atoms with Gasteiger partial charge in [-0.1, -0.05) is 0 Å². The topological polar surface area (TPSA) is 86.7 Å². The zero-order chi connectivity index (χ0) is 20.7. The number of hydrogen-bond acceptors (Lipinski definition) is 5. The van der Waals surface area contributed by atoms with Gasteiger partial charge in [-0.15, -0.1) is 0 Å². The molecule has 4 rings (SSSR count). The lowest BCUT2D eigenvalue weighted by Gasteiger charge is -2.07. The van der Waals surface area contributed by atoms with Crippen LogP contribution >= 0.6 is 0 Å². The number of carbonyl (C=O) groups excluding carboxylic acids is 2. The van der Waals surface area contributed by atoms with E-state index in [2.05, 4.69) is 0 Å². The van der Waals surface area contributed by atoms with Crippen LogP contribution in [0, 0.1) is 5.92 Å². The molecule has 0 atom stereocenters. The molecule has 2 aromatic heterocycles. The Bertz CT molecular complexity index is 1150. The Morgan fingerprint density at radius 2 is 1.90 bits per heavy atom. The molecule has 0 radical (unpaired) electrons. The van der Waals surface area contributed by atoms with E-state index in [4.69, 9.17) is 9.15 Å². The molecule has 3 aromatic rings. The third kappa shape index (κ3) is 3.57. The Labute approximate surface area is 167 Å². The number of imidazole rings is 1. The first-order valence-electron chi connectivity index (χ1n) is 9.50. The second-order valence-electron chi connectivity index (χ2n) is 7.58.